The third-order valence-electron chi connectivity index (χ3n) is 5.74. The molecule has 0 radical (unpaired) electrons. The van der Waals surface area contributed by atoms with Crippen molar-refractivity contribution in [2.24, 2.45) is 0 Å². The van der Waals surface area contributed by atoms with Gasteiger partial charge < -0.3 is 9.64 Å². The minimum Gasteiger partial charge on any atom is -0.493 e. The van der Waals surface area contributed by atoms with Crippen molar-refractivity contribution < 1.29 is 4.74 Å². The Bertz CT molecular complexity index is 767. The van der Waals surface area contributed by atoms with Crippen molar-refractivity contribution >= 4 is 33.2 Å². The monoisotopic (exact) mass is 434 g/mol. The third-order valence-corrected chi connectivity index (χ3v) is 6.62. The lowest BCUT2D eigenvalue weighted by Gasteiger charge is -2.47. The molecule has 2 aromatic carbocycles. The summed E-state index contributed by atoms with van der Waals surface area (Å²) in [5.41, 5.74) is 2.62. The van der Waals surface area contributed by atoms with E-state index in [1.54, 1.807) is 7.11 Å². The van der Waals surface area contributed by atoms with Gasteiger partial charge in [-0.3, -0.25) is 4.90 Å². The Kier molecular flexibility index (Phi) is 5.44. The number of para-hydroxylation sites is 1. The number of hydrogen-bond acceptors (Lipinski definition) is 3. The van der Waals surface area contributed by atoms with E-state index in [4.69, 9.17) is 16.3 Å². The van der Waals surface area contributed by atoms with Crippen LogP contribution in [0.15, 0.2) is 46.9 Å². The second-order valence-corrected chi connectivity index (χ2v) is 8.50. The first-order chi connectivity index (χ1) is 12.7. The summed E-state index contributed by atoms with van der Waals surface area (Å²) in [5.74, 6) is 1.56. The number of nitrogens with zero attached hydrogens (tertiary/aromatic N) is 2. The second kappa shape index (κ2) is 7.79. The van der Waals surface area contributed by atoms with Crippen LogP contribution < -0.4 is 9.64 Å². The second-order valence-electron chi connectivity index (χ2n) is 7.21. The molecular formula is C21H24BrClN2O. The molecule has 2 aromatic rings. The van der Waals surface area contributed by atoms with E-state index in [2.05, 4.69) is 50.0 Å². The van der Waals surface area contributed by atoms with E-state index >= 15 is 0 Å². The summed E-state index contributed by atoms with van der Waals surface area (Å²) in [4.78, 5) is 5.15. The molecular weight excluding hydrogens is 412 g/mol. The van der Waals surface area contributed by atoms with Gasteiger partial charge in [-0.15, -0.1) is 0 Å². The van der Waals surface area contributed by atoms with Crippen LogP contribution in [0, 0.1) is 0 Å². The zero-order valence-corrected chi connectivity index (χ0v) is 17.3. The first kappa shape index (κ1) is 18.1. The maximum absolute atomic E-state index is 6.04. The van der Waals surface area contributed by atoms with Crippen LogP contribution in [0.3, 0.4) is 0 Å². The SMILES string of the molecule is COc1c(Br)cccc1N1CCN2C[C@H](c3ccc(Cl)cc3)CC[C@H]2C1. The molecule has 5 heteroatoms. The van der Waals surface area contributed by atoms with Crippen molar-refractivity contribution in [1.29, 1.82) is 0 Å². The summed E-state index contributed by atoms with van der Waals surface area (Å²) in [7, 11) is 1.75. The molecule has 0 unspecified atom stereocenters. The number of piperazine rings is 1. The normalized spacial score (nSPS) is 23.6. The van der Waals surface area contributed by atoms with Crippen LogP contribution in [0.1, 0.15) is 24.3 Å². The van der Waals surface area contributed by atoms with Crippen molar-refractivity contribution in [1.82, 2.24) is 4.90 Å². The topological polar surface area (TPSA) is 15.7 Å². The van der Waals surface area contributed by atoms with E-state index in [0.29, 0.717) is 12.0 Å². The molecule has 2 saturated heterocycles. The molecule has 0 saturated carbocycles. The van der Waals surface area contributed by atoms with E-state index < -0.39 is 0 Å². The van der Waals surface area contributed by atoms with Crippen molar-refractivity contribution in [3.05, 3.63) is 57.5 Å². The predicted octanol–water partition coefficient (Wildman–Crippen LogP) is 5.18. The Balaban J connectivity index is 1.45. The lowest BCUT2D eigenvalue weighted by Crippen LogP contribution is -2.56. The number of benzene rings is 2. The van der Waals surface area contributed by atoms with Crippen molar-refractivity contribution in [3.63, 3.8) is 0 Å². The van der Waals surface area contributed by atoms with Gasteiger partial charge in [-0.1, -0.05) is 29.8 Å². The van der Waals surface area contributed by atoms with Crippen LogP contribution >= 0.6 is 27.5 Å². The smallest absolute Gasteiger partial charge is 0.156 e. The molecule has 2 heterocycles. The van der Waals surface area contributed by atoms with Crippen LogP contribution in [0.4, 0.5) is 5.69 Å². The zero-order valence-electron chi connectivity index (χ0n) is 15.0. The summed E-state index contributed by atoms with van der Waals surface area (Å²) in [6.07, 6.45) is 2.48. The maximum atomic E-state index is 6.04. The number of ether oxygens (including phenoxy) is 1. The van der Waals surface area contributed by atoms with Gasteiger partial charge in [0.05, 0.1) is 17.3 Å². The number of halogens is 2. The molecule has 0 spiro atoms. The minimum atomic E-state index is 0.621. The first-order valence-corrected chi connectivity index (χ1v) is 10.4. The molecule has 2 atom stereocenters. The average molecular weight is 436 g/mol. The Morgan fingerprint density at radius 1 is 1.04 bits per heavy atom. The molecule has 0 N–H and O–H groups in total. The molecule has 2 aliphatic rings. The summed E-state index contributed by atoms with van der Waals surface area (Å²) in [6.45, 7) is 4.36. The molecule has 0 amide bonds. The number of rotatable bonds is 3. The highest BCUT2D eigenvalue weighted by Crippen LogP contribution is 2.38. The fourth-order valence-electron chi connectivity index (χ4n) is 4.35. The summed E-state index contributed by atoms with van der Waals surface area (Å²) in [5, 5.41) is 0.819. The number of methoxy groups -OCH3 is 1. The van der Waals surface area contributed by atoms with E-state index in [-0.39, 0.29) is 0 Å². The molecule has 0 aliphatic carbocycles. The van der Waals surface area contributed by atoms with Crippen molar-refractivity contribution in [2.45, 2.75) is 24.8 Å². The van der Waals surface area contributed by atoms with Gasteiger partial charge >= 0.3 is 0 Å². The summed E-state index contributed by atoms with van der Waals surface area (Å²) < 4.78 is 6.66. The quantitative estimate of drug-likeness (QED) is 0.661. The molecule has 26 heavy (non-hydrogen) atoms. The number of piperidine rings is 1. The zero-order chi connectivity index (χ0) is 18.1. The van der Waals surface area contributed by atoms with E-state index in [9.17, 15) is 0 Å². The Hall–Kier alpha value is -1.23. The maximum Gasteiger partial charge on any atom is 0.156 e. The van der Waals surface area contributed by atoms with Gasteiger partial charge in [0.15, 0.2) is 5.75 Å². The highest BCUT2D eigenvalue weighted by atomic mass is 79.9. The van der Waals surface area contributed by atoms with Gasteiger partial charge in [-0.25, -0.2) is 0 Å². The van der Waals surface area contributed by atoms with Gasteiger partial charge in [-0.05, 0) is 64.5 Å². The highest BCUT2D eigenvalue weighted by Gasteiger charge is 2.34. The number of fused-ring (bicyclic) bond motifs is 1. The van der Waals surface area contributed by atoms with E-state index in [1.807, 2.05) is 18.2 Å². The Morgan fingerprint density at radius 3 is 2.62 bits per heavy atom. The molecule has 0 bridgehead atoms. The van der Waals surface area contributed by atoms with Gasteiger partial charge in [-0.2, -0.15) is 0 Å². The van der Waals surface area contributed by atoms with Gasteiger partial charge in [0.1, 0.15) is 0 Å². The van der Waals surface area contributed by atoms with Crippen LogP contribution in [-0.4, -0.2) is 44.2 Å². The fourth-order valence-corrected chi connectivity index (χ4v) is 4.99. The predicted molar refractivity (Wildman–Crippen MR) is 112 cm³/mol. The first-order valence-electron chi connectivity index (χ1n) is 9.22. The Morgan fingerprint density at radius 2 is 1.85 bits per heavy atom. The van der Waals surface area contributed by atoms with Crippen LogP contribution in [0.2, 0.25) is 5.02 Å². The van der Waals surface area contributed by atoms with Crippen molar-refractivity contribution in [2.75, 3.05) is 38.2 Å². The lowest BCUT2D eigenvalue weighted by atomic mass is 9.86. The number of hydrogen-bond donors (Lipinski definition) is 0. The summed E-state index contributed by atoms with van der Waals surface area (Å²) >= 11 is 9.65. The van der Waals surface area contributed by atoms with Crippen LogP contribution in [-0.2, 0) is 0 Å². The van der Waals surface area contributed by atoms with Gasteiger partial charge in [0.2, 0.25) is 0 Å². The fraction of sp³-hybridized carbons (Fsp3) is 0.429. The van der Waals surface area contributed by atoms with Gasteiger partial charge in [0, 0.05) is 37.2 Å². The molecule has 138 valence electrons. The minimum absolute atomic E-state index is 0.621. The highest BCUT2D eigenvalue weighted by molar-refractivity contribution is 9.10. The number of anilines is 1. The lowest BCUT2D eigenvalue weighted by molar-refractivity contribution is 0.119. The molecule has 0 aromatic heterocycles. The largest absolute Gasteiger partial charge is 0.493 e. The van der Waals surface area contributed by atoms with E-state index in [1.165, 1.54) is 24.1 Å². The van der Waals surface area contributed by atoms with Gasteiger partial charge in [0.25, 0.3) is 0 Å². The van der Waals surface area contributed by atoms with Crippen molar-refractivity contribution in [3.8, 4) is 5.75 Å². The average Bonchev–Trinajstić information content (AvgIpc) is 2.67. The summed E-state index contributed by atoms with van der Waals surface area (Å²) in [6, 6.07) is 15.3. The van der Waals surface area contributed by atoms with E-state index in [0.717, 1.165) is 41.4 Å². The third kappa shape index (κ3) is 3.60. The molecule has 2 fully saturated rings. The molecule has 3 nitrogen and oxygen atoms in total. The molecule has 2 aliphatic heterocycles. The van der Waals surface area contributed by atoms with Crippen LogP contribution in [0.5, 0.6) is 5.75 Å². The standard InChI is InChI=1S/C21H24BrClN2O/c1-26-21-19(22)3-2-4-20(21)25-12-11-24-13-16(7-10-18(24)14-25)15-5-8-17(23)9-6-15/h2-6,8-9,16,18H,7,10-14H2,1H3/t16-,18+/m1/s1. The van der Waals surface area contributed by atoms with Crippen LogP contribution in [0.25, 0.3) is 0 Å². The molecule has 4 rings (SSSR count). The Labute approximate surface area is 169 Å².